The van der Waals surface area contributed by atoms with Gasteiger partial charge in [-0.2, -0.15) is 0 Å². The molecule has 0 aliphatic heterocycles. The van der Waals surface area contributed by atoms with Gasteiger partial charge in [-0.25, -0.2) is 0 Å². The van der Waals surface area contributed by atoms with Crippen LogP contribution < -0.4 is 0 Å². The van der Waals surface area contributed by atoms with Crippen LogP contribution in [0.5, 0.6) is 0 Å². The molecular formula is C2H4CaCl2+2. The van der Waals surface area contributed by atoms with E-state index in [9.17, 15) is 0 Å². The molecule has 0 rings (SSSR count). The maximum Gasteiger partial charge on any atom is 2.00 e. The predicted octanol–water partition coefficient (Wildman–Crippen LogP) is 1.08. The molecule has 0 spiro atoms. The van der Waals surface area contributed by atoms with Crippen molar-refractivity contribution in [3.05, 3.63) is 0 Å². The van der Waals surface area contributed by atoms with E-state index in [-0.39, 0.29) is 37.7 Å². The van der Waals surface area contributed by atoms with Crippen molar-refractivity contribution < 1.29 is 0 Å². The van der Waals surface area contributed by atoms with Crippen LogP contribution >= 0.6 is 23.2 Å². The molecule has 0 radical (unpaired) electrons. The Kier molecular flexibility index (Phi) is 18.5. The maximum absolute atomic E-state index is 5.05. The largest absolute Gasteiger partial charge is 2.00 e. The van der Waals surface area contributed by atoms with Crippen LogP contribution in [0.2, 0.25) is 0 Å². The van der Waals surface area contributed by atoms with Crippen LogP contribution in [-0.2, 0) is 0 Å². The van der Waals surface area contributed by atoms with Crippen molar-refractivity contribution in [3.8, 4) is 0 Å². The first-order valence-electron chi connectivity index (χ1n) is 1.03. The third kappa shape index (κ3) is 10.7. The minimum absolute atomic E-state index is 0. The van der Waals surface area contributed by atoms with Gasteiger partial charge in [0.1, 0.15) is 0 Å². The molecule has 0 aromatic heterocycles. The molecule has 0 heterocycles. The number of alkyl halides is 2. The summed E-state index contributed by atoms with van der Waals surface area (Å²) in [6, 6.07) is 0. The average Bonchev–Trinajstić information content (AvgIpc) is 1.37. The summed E-state index contributed by atoms with van der Waals surface area (Å²) in [5.74, 6) is 1.11. The van der Waals surface area contributed by atoms with Crippen LogP contribution in [0.4, 0.5) is 0 Å². The number of hydrogen-bond donors (Lipinski definition) is 0. The van der Waals surface area contributed by atoms with Crippen molar-refractivity contribution in [1.82, 2.24) is 0 Å². The van der Waals surface area contributed by atoms with Crippen LogP contribution in [0.1, 0.15) is 0 Å². The van der Waals surface area contributed by atoms with Gasteiger partial charge in [-0.1, -0.05) is 0 Å². The third-order valence-electron chi connectivity index (χ3n) is 0.0714. The van der Waals surface area contributed by atoms with Crippen LogP contribution in [-0.4, -0.2) is 49.5 Å². The van der Waals surface area contributed by atoms with Crippen LogP contribution in [0.25, 0.3) is 0 Å². The summed E-state index contributed by atoms with van der Waals surface area (Å²) in [6.07, 6.45) is 0. The molecule has 0 saturated heterocycles. The van der Waals surface area contributed by atoms with Crippen LogP contribution in [0, 0.1) is 0 Å². The standard InChI is InChI=1S/C2H4Cl2.Ca/c3-1-2-4;/h1-2H2;/q;+2. The van der Waals surface area contributed by atoms with E-state index in [2.05, 4.69) is 0 Å². The molecular weight excluding hydrogens is 135 g/mol. The molecule has 5 heavy (non-hydrogen) atoms. The molecule has 0 N–H and O–H groups in total. The minimum atomic E-state index is 0. The Hall–Kier alpha value is 1.84. The fraction of sp³-hybridized carbons (Fsp3) is 1.00. The van der Waals surface area contributed by atoms with Crippen molar-refractivity contribution in [2.45, 2.75) is 0 Å². The van der Waals surface area contributed by atoms with Crippen molar-refractivity contribution in [2.24, 2.45) is 0 Å². The summed E-state index contributed by atoms with van der Waals surface area (Å²) in [6.45, 7) is 0. The van der Waals surface area contributed by atoms with Gasteiger partial charge >= 0.3 is 37.7 Å². The predicted molar refractivity (Wildman–Crippen MR) is 27.2 cm³/mol. The maximum atomic E-state index is 5.05. The Labute approximate surface area is 71.8 Å². The molecule has 0 fully saturated rings. The smallest absolute Gasteiger partial charge is 0.125 e. The Balaban J connectivity index is 0. The fourth-order valence-electron chi connectivity index (χ4n) is 0. The van der Waals surface area contributed by atoms with Gasteiger partial charge in [-0.05, 0) is 0 Å². The van der Waals surface area contributed by atoms with Gasteiger partial charge in [0, 0.05) is 11.8 Å². The summed E-state index contributed by atoms with van der Waals surface area (Å²) in [5.41, 5.74) is 0. The molecule has 0 atom stereocenters. The van der Waals surface area contributed by atoms with Gasteiger partial charge in [-0.15, -0.1) is 23.2 Å². The quantitative estimate of drug-likeness (QED) is 0.376. The second-order valence-corrected chi connectivity index (χ2v) is 1.13. The minimum Gasteiger partial charge on any atom is -0.125 e. The molecule has 0 aliphatic carbocycles. The number of rotatable bonds is 1. The van der Waals surface area contributed by atoms with Gasteiger partial charge < -0.3 is 0 Å². The first kappa shape index (κ1) is 9.96. The summed E-state index contributed by atoms with van der Waals surface area (Å²) in [4.78, 5) is 0. The molecule has 0 aliphatic rings. The van der Waals surface area contributed by atoms with Crippen LogP contribution in [0.3, 0.4) is 0 Å². The Morgan fingerprint density at radius 3 is 1.20 bits per heavy atom. The molecule has 0 aromatic carbocycles. The van der Waals surface area contributed by atoms with Gasteiger partial charge in [0.2, 0.25) is 0 Å². The topological polar surface area (TPSA) is 0 Å². The second-order valence-electron chi connectivity index (χ2n) is 0.378. The third-order valence-corrected chi connectivity index (χ3v) is 0.643. The monoisotopic (exact) mass is 138 g/mol. The van der Waals surface area contributed by atoms with E-state index >= 15 is 0 Å². The van der Waals surface area contributed by atoms with Gasteiger partial charge in [-0.3, -0.25) is 0 Å². The first-order chi connectivity index (χ1) is 1.91. The van der Waals surface area contributed by atoms with Gasteiger partial charge in [0.15, 0.2) is 0 Å². The van der Waals surface area contributed by atoms with Gasteiger partial charge in [0.25, 0.3) is 0 Å². The van der Waals surface area contributed by atoms with E-state index in [1.165, 1.54) is 0 Å². The molecule has 26 valence electrons. The van der Waals surface area contributed by atoms with E-state index in [1.54, 1.807) is 0 Å². The van der Waals surface area contributed by atoms with E-state index < -0.39 is 0 Å². The second kappa shape index (κ2) is 9.28. The van der Waals surface area contributed by atoms with Crippen molar-refractivity contribution in [2.75, 3.05) is 11.8 Å². The summed E-state index contributed by atoms with van der Waals surface area (Å²) in [5, 5.41) is 0. The van der Waals surface area contributed by atoms with Crippen molar-refractivity contribution in [3.63, 3.8) is 0 Å². The summed E-state index contributed by atoms with van der Waals surface area (Å²) >= 11 is 10.1. The number of halogens is 2. The summed E-state index contributed by atoms with van der Waals surface area (Å²) in [7, 11) is 0. The van der Waals surface area contributed by atoms with Gasteiger partial charge in [0.05, 0.1) is 0 Å². The molecule has 0 saturated carbocycles. The van der Waals surface area contributed by atoms with Crippen molar-refractivity contribution >= 4 is 60.9 Å². The Morgan fingerprint density at radius 1 is 1.00 bits per heavy atom. The molecule has 0 aromatic rings. The molecule has 0 bridgehead atoms. The Morgan fingerprint density at radius 2 is 1.20 bits per heavy atom. The van der Waals surface area contributed by atoms with Crippen LogP contribution in [0.15, 0.2) is 0 Å². The van der Waals surface area contributed by atoms with E-state index in [0.29, 0.717) is 11.8 Å². The molecule has 0 amide bonds. The zero-order valence-electron chi connectivity index (χ0n) is 2.88. The zero-order chi connectivity index (χ0) is 3.41. The fourth-order valence-corrected chi connectivity index (χ4v) is 0. The average molecular weight is 139 g/mol. The number of hydrogen-bond acceptors (Lipinski definition) is 0. The normalized spacial score (nSPS) is 6.00. The molecule has 3 heteroatoms. The van der Waals surface area contributed by atoms with E-state index in [0.717, 1.165) is 0 Å². The zero-order valence-corrected chi connectivity index (χ0v) is 6.60. The van der Waals surface area contributed by atoms with E-state index in [1.807, 2.05) is 0 Å². The first-order valence-corrected chi connectivity index (χ1v) is 2.10. The Bertz CT molecular complexity index is 9.61. The van der Waals surface area contributed by atoms with E-state index in [4.69, 9.17) is 23.2 Å². The summed E-state index contributed by atoms with van der Waals surface area (Å²) < 4.78 is 0. The molecule has 0 nitrogen and oxygen atoms in total. The van der Waals surface area contributed by atoms with Crippen molar-refractivity contribution in [1.29, 1.82) is 0 Å². The molecule has 0 unspecified atom stereocenters. The SMILES string of the molecule is ClCCCl.[Ca+2].